The average molecular weight is 211 g/mol. The van der Waals surface area contributed by atoms with Crippen LogP contribution in [0.25, 0.3) is 5.82 Å². The molecule has 6 heteroatoms. The van der Waals surface area contributed by atoms with E-state index in [9.17, 15) is 4.79 Å². The van der Waals surface area contributed by atoms with Crippen LogP contribution in [0.3, 0.4) is 0 Å². The molecule has 5 nitrogen and oxygen atoms in total. The zero-order chi connectivity index (χ0) is 10.1. The molecule has 2 heterocycles. The van der Waals surface area contributed by atoms with E-state index in [-0.39, 0.29) is 0 Å². The van der Waals surface area contributed by atoms with Crippen LogP contribution >= 0.6 is 11.6 Å². The van der Waals surface area contributed by atoms with Crippen molar-refractivity contribution >= 4 is 17.9 Å². The molecule has 0 aliphatic heterocycles. The van der Waals surface area contributed by atoms with Gasteiger partial charge < -0.3 is 4.57 Å². The molecule has 14 heavy (non-hydrogen) atoms. The number of carbonyl (C=O) groups is 1. The van der Waals surface area contributed by atoms with Crippen LogP contribution in [0.1, 0.15) is 10.5 Å². The lowest BCUT2D eigenvalue weighted by atomic mass is 10.4. The van der Waals surface area contributed by atoms with Crippen molar-refractivity contribution in [2.75, 3.05) is 0 Å². The van der Waals surface area contributed by atoms with Crippen LogP contribution in [0, 0.1) is 0 Å². The minimum absolute atomic E-state index is 0.463. The summed E-state index contributed by atoms with van der Waals surface area (Å²) in [6.45, 7) is 0. The molecule has 0 spiro atoms. The predicted octanol–water partition coefficient (Wildman–Crippen LogP) is 1.07. The summed E-state index contributed by atoms with van der Waals surface area (Å²) in [5.74, 6) is 0.481. The van der Waals surface area contributed by atoms with Gasteiger partial charge in [-0.25, -0.2) is 9.67 Å². The van der Waals surface area contributed by atoms with Crippen LogP contribution in [0.4, 0.5) is 0 Å². The zero-order valence-corrected chi connectivity index (χ0v) is 8.14. The molecule has 0 saturated heterocycles. The first-order valence-corrected chi connectivity index (χ1v) is 4.27. The fourth-order valence-corrected chi connectivity index (χ4v) is 1.29. The van der Waals surface area contributed by atoms with Crippen molar-refractivity contribution in [1.82, 2.24) is 19.3 Å². The first-order chi connectivity index (χ1) is 6.72. The Morgan fingerprint density at radius 2 is 2.36 bits per heavy atom. The number of hydrogen-bond donors (Lipinski definition) is 0. The van der Waals surface area contributed by atoms with Crippen molar-refractivity contribution in [2.24, 2.45) is 7.05 Å². The normalized spacial score (nSPS) is 10.4. The number of imidazole rings is 1. The molecule has 0 aliphatic carbocycles. The molecule has 0 aliphatic rings. The maximum atomic E-state index is 10.8. The van der Waals surface area contributed by atoms with E-state index in [0.717, 1.165) is 6.29 Å². The second-order valence-corrected chi connectivity index (χ2v) is 3.22. The lowest BCUT2D eigenvalue weighted by Crippen LogP contribution is -2.01. The number of nitrogens with zero attached hydrogens (tertiary/aromatic N) is 4. The van der Waals surface area contributed by atoms with Gasteiger partial charge in [0, 0.05) is 7.05 Å². The summed E-state index contributed by atoms with van der Waals surface area (Å²) < 4.78 is 3.09. The van der Waals surface area contributed by atoms with Crippen molar-refractivity contribution in [2.45, 2.75) is 0 Å². The molecular formula is C8H7ClN4O. The summed E-state index contributed by atoms with van der Waals surface area (Å²) in [6.07, 6.45) is 5.37. The molecular weight excluding hydrogens is 204 g/mol. The summed E-state index contributed by atoms with van der Waals surface area (Å²) in [4.78, 5) is 14.8. The topological polar surface area (TPSA) is 52.7 Å². The van der Waals surface area contributed by atoms with Gasteiger partial charge in [-0.1, -0.05) is 11.6 Å². The predicted molar refractivity (Wildman–Crippen MR) is 50.7 cm³/mol. The van der Waals surface area contributed by atoms with Gasteiger partial charge in [0.2, 0.25) is 0 Å². The zero-order valence-electron chi connectivity index (χ0n) is 7.38. The van der Waals surface area contributed by atoms with E-state index in [2.05, 4.69) is 10.1 Å². The summed E-state index contributed by atoms with van der Waals surface area (Å²) in [7, 11) is 1.74. The van der Waals surface area contributed by atoms with Crippen LogP contribution in [-0.2, 0) is 7.05 Å². The van der Waals surface area contributed by atoms with Gasteiger partial charge in [0.25, 0.3) is 0 Å². The molecule has 0 radical (unpaired) electrons. The number of aromatic nitrogens is 4. The Bertz CT molecular complexity index is 473. The van der Waals surface area contributed by atoms with Crippen LogP contribution < -0.4 is 0 Å². The lowest BCUT2D eigenvalue weighted by Gasteiger charge is -1.97. The second kappa shape index (κ2) is 3.26. The highest BCUT2D eigenvalue weighted by molar-refractivity contribution is 6.30. The van der Waals surface area contributed by atoms with Crippen molar-refractivity contribution in [3.63, 3.8) is 0 Å². The summed E-state index contributed by atoms with van der Waals surface area (Å²) in [5, 5.41) is 4.46. The van der Waals surface area contributed by atoms with Crippen LogP contribution in [0.2, 0.25) is 5.02 Å². The summed E-state index contributed by atoms with van der Waals surface area (Å²) >= 11 is 5.71. The Labute approximate surface area is 84.9 Å². The minimum atomic E-state index is 0.463. The third-order valence-corrected chi connectivity index (χ3v) is 2.04. The molecule has 0 atom stereocenters. The fraction of sp³-hybridized carbons (Fsp3) is 0.125. The molecule has 0 unspecified atom stereocenters. The van der Waals surface area contributed by atoms with Gasteiger partial charge in [0.1, 0.15) is 5.69 Å². The number of hydrogen-bond acceptors (Lipinski definition) is 3. The Kier molecular flexibility index (Phi) is 2.09. The molecule has 2 rings (SSSR count). The fourth-order valence-electron chi connectivity index (χ4n) is 1.16. The maximum absolute atomic E-state index is 10.8. The molecule has 2 aromatic rings. The molecule has 0 saturated carbocycles. The summed E-state index contributed by atoms with van der Waals surface area (Å²) in [6, 6.07) is 0. The highest BCUT2D eigenvalue weighted by Crippen LogP contribution is 2.12. The highest BCUT2D eigenvalue weighted by atomic mass is 35.5. The average Bonchev–Trinajstić information content (AvgIpc) is 2.71. The molecule has 0 fully saturated rings. The van der Waals surface area contributed by atoms with E-state index in [1.807, 2.05) is 0 Å². The monoisotopic (exact) mass is 210 g/mol. The summed E-state index contributed by atoms with van der Waals surface area (Å²) in [5.41, 5.74) is 0.463. The van der Waals surface area contributed by atoms with E-state index >= 15 is 0 Å². The third-order valence-electron chi connectivity index (χ3n) is 1.84. The number of aryl methyl sites for hydroxylation is 1. The Morgan fingerprint density at radius 1 is 1.57 bits per heavy atom. The van der Waals surface area contributed by atoms with Gasteiger partial charge in [0.05, 0.1) is 23.7 Å². The Balaban J connectivity index is 2.56. The van der Waals surface area contributed by atoms with Gasteiger partial charge in [-0.2, -0.15) is 5.10 Å². The first-order valence-electron chi connectivity index (χ1n) is 3.89. The number of carbonyl (C=O) groups excluding carboxylic acids is 1. The second-order valence-electron chi connectivity index (χ2n) is 2.79. The number of rotatable bonds is 2. The van der Waals surface area contributed by atoms with Gasteiger partial charge in [-0.15, -0.1) is 0 Å². The SMILES string of the molecule is Cn1cnc(-n2cc(Cl)cn2)c1C=O. The first kappa shape index (κ1) is 8.96. The number of aldehydes is 1. The molecule has 0 bridgehead atoms. The van der Waals surface area contributed by atoms with Crippen LogP contribution in [0.15, 0.2) is 18.7 Å². The smallest absolute Gasteiger partial charge is 0.182 e. The standard InChI is InChI=1S/C8H7ClN4O/c1-12-5-10-8(7(12)4-14)13-3-6(9)2-11-13/h2-5H,1H3. The molecule has 0 aromatic carbocycles. The van der Waals surface area contributed by atoms with Crippen molar-refractivity contribution in [3.05, 3.63) is 29.4 Å². The Morgan fingerprint density at radius 3 is 2.93 bits per heavy atom. The van der Waals surface area contributed by atoms with E-state index in [4.69, 9.17) is 11.6 Å². The van der Waals surface area contributed by atoms with Crippen LogP contribution in [0.5, 0.6) is 0 Å². The maximum Gasteiger partial charge on any atom is 0.182 e. The molecule has 72 valence electrons. The largest absolute Gasteiger partial charge is 0.330 e. The van der Waals surface area contributed by atoms with E-state index < -0.39 is 0 Å². The third kappa shape index (κ3) is 1.31. The minimum Gasteiger partial charge on any atom is -0.330 e. The van der Waals surface area contributed by atoms with Crippen molar-refractivity contribution < 1.29 is 4.79 Å². The molecule has 2 aromatic heterocycles. The quantitative estimate of drug-likeness (QED) is 0.697. The number of halogens is 1. The van der Waals surface area contributed by atoms with Crippen LogP contribution in [-0.4, -0.2) is 25.6 Å². The van der Waals surface area contributed by atoms with E-state index in [1.54, 1.807) is 24.1 Å². The van der Waals surface area contributed by atoms with Crippen molar-refractivity contribution in [3.8, 4) is 5.82 Å². The van der Waals surface area contributed by atoms with Crippen molar-refractivity contribution in [1.29, 1.82) is 0 Å². The lowest BCUT2D eigenvalue weighted by molar-refractivity contribution is 0.111. The molecule has 0 amide bonds. The van der Waals surface area contributed by atoms with Gasteiger partial charge >= 0.3 is 0 Å². The van der Waals surface area contributed by atoms with E-state index in [0.29, 0.717) is 16.5 Å². The Hall–Kier alpha value is -1.62. The van der Waals surface area contributed by atoms with Gasteiger partial charge in [0.15, 0.2) is 12.1 Å². The molecule has 0 N–H and O–H groups in total. The van der Waals surface area contributed by atoms with E-state index in [1.165, 1.54) is 10.9 Å². The van der Waals surface area contributed by atoms with Gasteiger partial charge in [-0.3, -0.25) is 4.79 Å². The van der Waals surface area contributed by atoms with Gasteiger partial charge in [-0.05, 0) is 0 Å². The highest BCUT2D eigenvalue weighted by Gasteiger charge is 2.10.